The molecule has 1 atom stereocenters. The molecule has 0 aliphatic carbocycles. The highest BCUT2D eigenvalue weighted by atomic mass is 16.5. The number of hydrogen-bond acceptors (Lipinski definition) is 3. The van der Waals surface area contributed by atoms with E-state index in [0.717, 1.165) is 24.5 Å². The maximum Gasteiger partial charge on any atom is 0.265 e. The van der Waals surface area contributed by atoms with Crippen molar-refractivity contribution in [2.45, 2.75) is 45.9 Å². The first-order valence-corrected chi connectivity index (χ1v) is 8.81. The smallest absolute Gasteiger partial charge is 0.265 e. The summed E-state index contributed by atoms with van der Waals surface area (Å²) in [6.07, 6.45) is -0.558. The summed E-state index contributed by atoms with van der Waals surface area (Å²) >= 11 is 0. The highest BCUT2D eigenvalue weighted by molar-refractivity contribution is 5.95. The molecule has 4 nitrogen and oxygen atoms in total. The van der Waals surface area contributed by atoms with Crippen molar-refractivity contribution in [3.05, 3.63) is 59.2 Å². The second-order valence-corrected chi connectivity index (χ2v) is 7.09. The SMILES string of the molecule is CC(Oc1cccc(C(C)C)c1)C(=O)Nc1cccc2c1CN(C)C2. The summed E-state index contributed by atoms with van der Waals surface area (Å²) in [5.41, 5.74) is 4.57. The molecule has 132 valence electrons. The normalized spacial score (nSPS) is 15.1. The molecule has 1 unspecified atom stereocenters. The molecule has 0 aromatic heterocycles. The van der Waals surface area contributed by atoms with E-state index in [1.807, 2.05) is 30.3 Å². The molecule has 25 heavy (non-hydrogen) atoms. The third-order valence-electron chi connectivity index (χ3n) is 4.61. The van der Waals surface area contributed by atoms with E-state index < -0.39 is 6.10 Å². The van der Waals surface area contributed by atoms with Gasteiger partial charge in [-0.3, -0.25) is 9.69 Å². The second-order valence-electron chi connectivity index (χ2n) is 7.09. The average Bonchev–Trinajstić information content (AvgIpc) is 2.96. The molecular formula is C21H26N2O2. The van der Waals surface area contributed by atoms with E-state index >= 15 is 0 Å². The van der Waals surface area contributed by atoms with Crippen molar-refractivity contribution in [2.75, 3.05) is 12.4 Å². The topological polar surface area (TPSA) is 41.6 Å². The van der Waals surface area contributed by atoms with Crippen LogP contribution in [0, 0.1) is 0 Å². The fraction of sp³-hybridized carbons (Fsp3) is 0.381. The van der Waals surface area contributed by atoms with Crippen LogP contribution in [0.4, 0.5) is 5.69 Å². The number of fused-ring (bicyclic) bond motifs is 1. The number of nitrogens with zero attached hydrogens (tertiary/aromatic N) is 1. The number of carbonyl (C=O) groups is 1. The molecule has 4 heteroatoms. The number of benzene rings is 2. The Hall–Kier alpha value is -2.33. The van der Waals surface area contributed by atoms with Crippen LogP contribution in [0.3, 0.4) is 0 Å². The zero-order valence-electron chi connectivity index (χ0n) is 15.4. The average molecular weight is 338 g/mol. The van der Waals surface area contributed by atoms with Gasteiger partial charge in [0.2, 0.25) is 0 Å². The number of anilines is 1. The molecule has 0 spiro atoms. The highest BCUT2D eigenvalue weighted by Gasteiger charge is 2.21. The monoisotopic (exact) mass is 338 g/mol. The van der Waals surface area contributed by atoms with Gasteiger partial charge >= 0.3 is 0 Å². The standard InChI is InChI=1S/C21H26N2O2/c1-14(2)16-7-5-9-18(11-16)25-15(3)21(24)22-20-10-6-8-17-12-23(4)13-19(17)20/h5-11,14-15H,12-13H2,1-4H3,(H,22,24). The summed E-state index contributed by atoms with van der Waals surface area (Å²) in [5.74, 6) is 1.03. The summed E-state index contributed by atoms with van der Waals surface area (Å²) in [6, 6.07) is 14.0. The molecule has 0 bridgehead atoms. The van der Waals surface area contributed by atoms with Gasteiger partial charge in [-0.25, -0.2) is 0 Å². The fourth-order valence-corrected chi connectivity index (χ4v) is 3.14. The van der Waals surface area contributed by atoms with Crippen molar-refractivity contribution in [3.63, 3.8) is 0 Å². The van der Waals surface area contributed by atoms with Crippen LogP contribution in [0.2, 0.25) is 0 Å². The van der Waals surface area contributed by atoms with Crippen LogP contribution >= 0.6 is 0 Å². The minimum absolute atomic E-state index is 0.127. The Morgan fingerprint density at radius 2 is 1.88 bits per heavy atom. The second kappa shape index (κ2) is 7.28. The van der Waals surface area contributed by atoms with Gasteiger partial charge in [-0.1, -0.05) is 38.1 Å². The Balaban J connectivity index is 1.68. The quantitative estimate of drug-likeness (QED) is 0.890. The molecule has 1 N–H and O–H groups in total. The summed E-state index contributed by atoms with van der Waals surface area (Å²) in [5, 5.41) is 3.03. The number of carbonyl (C=O) groups excluding carboxylic acids is 1. The van der Waals surface area contributed by atoms with E-state index in [9.17, 15) is 4.79 Å². The Labute approximate surface area is 149 Å². The van der Waals surface area contributed by atoms with Gasteiger partial charge in [0.05, 0.1) is 0 Å². The molecule has 0 radical (unpaired) electrons. The predicted octanol–water partition coefficient (Wildman–Crippen LogP) is 4.16. The molecule has 1 heterocycles. The van der Waals surface area contributed by atoms with Gasteiger partial charge in [-0.05, 0) is 54.8 Å². The van der Waals surface area contributed by atoms with Gasteiger partial charge in [0.15, 0.2) is 6.10 Å². The van der Waals surface area contributed by atoms with Crippen molar-refractivity contribution < 1.29 is 9.53 Å². The lowest BCUT2D eigenvalue weighted by molar-refractivity contribution is -0.122. The van der Waals surface area contributed by atoms with E-state index in [0.29, 0.717) is 5.92 Å². The van der Waals surface area contributed by atoms with Gasteiger partial charge in [0.25, 0.3) is 5.91 Å². The number of hydrogen-bond donors (Lipinski definition) is 1. The summed E-state index contributed by atoms with van der Waals surface area (Å²) < 4.78 is 5.86. The third-order valence-corrected chi connectivity index (χ3v) is 4.61. The molecule has 0 fully saturated rings. The maximum absolute atomic E-state index is 12.6. The molecule has 1 aliphatic heterocycles. The first-order chi connectivity index (χ1) is 11.9. The molecule has 2 aromatic carbocycles. The maximum atomic E-state index is 12.6. The van der Waals surface area contributed by atoms with Crippen LogP contribution in [0.15, 0.2) is 42.5 Å². The van der Waals surface area contributed by atoms with E-state index in [-0.39, 0.29) is 5.91 Å². The minimum Gasteiger partial charge on any atom is -0.481 e. The zero-order valence-corrected chi connectivity index (χ0v) is 15.4. The molecule has 0 saturated heterocycles. The van der Waals surface area contributed by atoms with Crippen LogP contribution in [0.5, 0.6) is 5.75 Å². The molecular weight excluding hydrogens is 312 g/mol. The minimum atomic E-state index is -0.558. The van der Waals surface area contributed by atoms with Crippen LogP contribution < -0.4 is 10.1 Å². The summed E-state index contributed by atoms with van der Waals surface area (Å²) in [7, 11) is 2.08. The predicted molar refractivity (Wildman–Crippen MR) is 101 cm³/mol. The first kappa shape index (κ1) is 17.5. The van der Waals surface area contributed by atoms with Gasteiger partial charge in [0.1, 0.15) is 5.75 Å². The van der Waals surface area contributed by atoms with E-state index in [1.54, 1.807) is 6.92 Å². The first-order valence-electron chi connectivity index (χ1n) is 8.81. The Bertz CT molecular complexity index is 770. The Kier molecular flexibility index (Phi) is 5.09. The number of rotatable bonds is 5. The highest BCUT2D eigenvalue weighted by Crippen LogP contribution is 2.28. The van der Waals surface area contributed by atoms with Crippen molar-refractivity contribution in [2.24, 2.45) is 0 Å². The van der Waals surface area contributed by atoms with Crippen molar-refractivity contribution in [1.29, 1.82) is 0 Å². The van der Waals surface area contributed by atoms with E-state index in [4.69, 9.17) is 4.74 Å². The van der Waals surface area contributed by atoms with Crippen LogP contribution in [-0.4, -0.2) is 24.0 Å². The van der Waals surface area contributed by atoms with Crippen LogP contribution in [0.1, 0.15) is 43.4 Å². The lowest BCUT2D eigenvalue weighted by Gasteiger charge is -2.17. The molecule has 1 amide bonds. The zero-order chi connectivity index (χ0) is 18.0. The number of amides is 1. The number of ether oxygens (including phenoxy) is 1. The lowest BCUT2D eigenvalue weighted by atomic mass is 10.0. The largest absolute Gasteiger partial charge is 0.481 e. The van der Waals surface area contributed by atoms with Gasteiger partial charge in [0, 0.05) is 18.8 Å². The number of nitrogens with one attached hydrogen (secondary N) is 1. The van der Waals surface area contributed by atoms with Crippen molar-refractivity contribution in [1.82, 2.24) is 4.90 Å². The lowest BCUT2D eigenvalue weighted by Crippen LogP contribution is -2.30. The van der Waals surface area contributed by atoms with E-state index in [1.165, 1.54) is 16.7 Å². The molecule has 2 aromatic rings. The van der Waals surface area contributed by atoms with Crippen molar-refractivity contribution >= 4 is 11.6 Å². The van der Waals surface area contributed by atoms with Gasteiger partial charge in [-0.2, -0.15) is 0 Å². The van der Waals surface area contributed by atoms with Crippen molar-refractivity contribution in [3.8, 4) is 5.75 Å². The van der Waals surface area contributed by atoms with Crippen LogP contribution in [0.25, 0.3) is 0 Å². The Morgan fingerprint density at radius 1 is 1.12 bits per heavy atom. The van der Waals surface area contributed by atoms with E-state index in [2.05, 4.69) is 43.2 Å². The molecule has 1 aliphatic rings. The van der Waals surface area contributed by atoms with Gasteiger partial charge in [-0.15, -0.1) is 0 Å². The summed E-state index contributed by atoms with van der Waals surface area (Å²) in [6.45, 7) is 7.85. The summed E-state index contributed by atoms with van der Waals surface area (Å²) in [4.78, 5) is 14.8. The van der Waals surface area contributed by atoms with Crippen LogP contribution in [-0.2, 0) is 17.9 Å². The third kappa shape index (κ3) is 4.02. The molecule has 0 saturated carbocycles. The van der Waals surface area contributed by atoms with Gasteiger partial charge < -0.3 is 10.1 Å². The molecule has 3 rings (SSSR count). The Morgan fingerprint density at radius 3 is 2.64 bits per heavy atom. The fourth-order valence-electron chi connectivity index (χ4n) is 3.14.